The molecule has 0 aromatic carbocycles. The second-order valence-corrected chi connectivity index (χ2v) is 7.61. The van der Waals surface area contributed by atoms with E-state index in [1.807, 2.05) is 20.8 Å². The van der Waals surface area contributed by atoms with Crippen molar-refractivity contribution in [2.24, 2.45) is 5.92 Å². The number of hydrogen-bond donors (Lipinski definition) is 2. The summed E-state index contributed by atoms with van der Waals surface area (Å²) in [5.41, 5.74) is -0.452. The first-order valence-electron chi connectivity index (χ1n) is 8.66. The SMILES string of the molecule is CCN1CCC(NCC(NC(=O)OC(C)(C)C)C(C)C)CC1. The third-order valence-electron chi connectivity index (χ3n) is 4.17. The van der Waals surface area contributed by atoms with Crippen molar-refractivity contribution in [2.45, 2.75) is 72.1 Å². The molecule has 0 radical (unpaired) electrons. The van der Waals surface area contributed by atoms with Crippen LogP contribution in [-0.4, -0.2) is 54.9 Å². The van der Waals surface area contributed by atoms with Gasteiger partial charge in [0, 0.05) is 18.6 Å². The number of nitrogens with zero attached hydrogens (tertiary/aromatic N) is 1. The Kier molecular flexibility index (Phi) is 7.63. The van der Waals surface area contributed by atoms with Gasteiger partial charge in [-0.15, -0.1) is 0 Å². The van der Waals surface area contributed by atoms with Crippen molar-refractivity contribution >= 4 is 6.09 Å². The smallest absolute Gasteiger partial charge is 0.407 e. The summed E-state index contributed by atoms with van der Waals surface area (Å²) in [6.07, 6.45) is 2.05. The van der Waals surface area contributed by atoms with Crippen LogP contribution in [0.4, 0.5) is 4.79 Å². The van der Waals surface area contributed by atoms with Crippen LogP contribution in [0.25, 0.3) is 0 Å². The van der Waals surface area contributed by atoms with E-state index in [1.165, 1.54) is 25.9 Å². The zero-order valence-corrected chi connectivity index (χ0v) is 15.2. The summed E-state index contributed by atoms with van der Waals surface area (Å²) < 4.78 is 5.35. The lowest BCUT2D eigenvalue weighted by atomic mass is 10.0. The van der Waals surface area contributed by atoms with Gasteiger partial charge in [-0.05, 0) is 59.2 Å². The topological polar surface area (TPSA) is 53.6 Å². The Balaban J connectivity index is 2.37. The third-order valence-corrected chi connectivity index (χ3v) is 4.17. The van der Waals surface area contributed by atoms with E-state index >= 15 is 0 Å². The largest absolute Gasteiger partial charge is 0.444 e. The van der Waals surface area contributed by atoms with Crippen LogP contribution in [0.15, 0.2) is 0 Å². The van der Waals surface area contributed by atoms with Crippen molar-refractivity contribution in [3.05, 3.63) is 0 Å². The molecule has 5 nitrogen and oxygen atoms in total. The van der Waals surface area contributed by atoms with E-state index in [0.29, 0.717) is 12.0 Å². The molecule has 1 unspecified atom stereocenters. The number of carbonyl (C=O) groups excluding carboxylic acids is 1. The van der Waals surface area contributed by atoms with Crippen molar-refractivity contribution in [2.75, 3.05) is 26.2 Å². The molecule has 130 valence electrons. The molecule has 1 amide bonds. The Bertz CT molecular complexity index is 331. The second-order valence-electron chi connectivity index (χ2n) is 7.61. The highest BCUT2D eigenvalue weighted by Gasteiger charge is 2.23. The maximum absolute atomic E-state index is 11.9. The minimum absolute atomic E-state index is 0.0963. The van der Waals surface area contributed by atoms with Gasteiger partial charge >= 0.3 is 6.09 Å². The molecule has 1 aliphatic rings. The summed E-state index contributed by atoms with van der Waals surface area (Å²) in [5, 5.41) is 6.62. The van der Waals surface area contributed by atoms with E-state index < -0.39 is 5.60 Å². The van der Waals surface area contributed by atoms with Crippen LogP contribution in [0.1, 0.15) is 54.4 Å². The highest BCUT2D eigenvalue weighted by Crippen LogP contribution is 2.11. The van der Waals surface area contributed by atoms with Gasteiger partial charge < -0.3 is 20.3 Å². The lowest BCUT2D eigenvalue weighted by Gasteiger charge is -2.33. The Morgan fingerprint density at radius 2 is 1.86 bits per heavy atom. The number of carbonyl (C=O) groups is 1. The van der Waals surface area contributed by atoms with Crippen LogP contribution in [0.5, 0.6) is 0 Å². The van der Waals surface area contributed by atoms with Crippen LogP contribution in [-0.2, 0) is 4.74 Å². The summed E-state index contributed by atoms with van der Waals surface area (Å²) in [7, 11) is 0. The lowest BCUT2D eigenvalue weighted by Crippen LogP contribution is -2.50. The molecule has 1 fully saturated rings. The number of likely N-dealkylation sites (tertiary alicyclic amines) is 1. The summed E-state index contributed by atoms with van der Waals surface area (Å²) in [4.78, 5) is 14.4. The number of amides is 1. The maximum atomic E-state index is 11.9. The average molecular weight is 313 g/mol. The predicted octanol–water partition coefficient (Wildman–Crippen LogP) is 2.61. The fourth-order valence-corrected chi connectivity index (χ4v) is 2.66. The van der Waals surface area contributed by atoms with Crippen molar-refractivity contribution < 1.29 is 9.53 Å². The number of alkyl carbamates (subject to hydrolysis) is 1. The fraction of sp³-hybridized carbons (Fsp3) is 0.941. The summed E-state index contributed by atoms with van der Waals surface area (Å²) in [6, 6.07) is 0.656. The molecule has 1 aliphatic heterocycles. The normalized spacial score (nSPS) is 19.2. The van der Waals surface area contributed by atoms with Crippen LogP contribution in [0.3, 0.4) is 0 Å². The summed E-state index contributed by atoms with van der Waals surface area (Å²) in [5.74, 6) is 0.371. The average Bonchev–Trinajstić information content (AvgIpc) is 2.41. The van der Waals surface area contributed by atoms with Gasteiger partial charge in [-0.3, -0.25) is 0 Å². The maximum Gasteiger partial charge on any atom is 0.407 e. The highest BCUT2D eigenvalue weighted by molar-refractivity contribution is 5.68. The van der Waals surface area contributed by atoms with Gasteiger partial charge in [0.1, 0.15) is 5.60 Å². The Morgan fingerprint density at radius 3 is 2.32 bits per heavy atom. The van der Waals surface area contributed by atoms with E-state index in [0.717, 1.165) is 13.1 Å². The van der Waals surface area contributed by atoms with Gasteiger partial charge in [-0.2, -0.15) is 0 Å². The fourth-order valence-electron chi connectivity index (χ4n) is 2.66. The molecular formula is C17H35N3O2. The monoisotopic (exact) mass is 313 g/mol. The van der Waals surface area contributed by atoms with Crippen LogP contribution >= 0.6 is 0 Å². The lowest BCUT2D eigenvalue weighted by molar-refractivity contribution is 0.0488. The van der Waals surface area contributed by atoms with Crippen molar-refractivity contribution in [3.8, 4) is 0 Å². The Morgan fingerprint density at radius 1 is 1.27 bits per heavy atom. The number of ether oxygens (including phenoxy) is 1. The second kappa shape index (κ2) is 8.73. The van der Waals surface area contributed by atoms with Gasteiger partial charge in [-0.25, -0.2) is 4.79 Å². The molecule has 0 bridgehead atoms. The molecule has 0 spiro atoms. The van der Waals surface area contributed by atoms with Gasteiger partial charge in [0.15, 0.2) is 0 Å². The zero-order chi connectivity index (χ0) is 16.8. The van der Waals surface area contributed by atoms with Gasteiger partial charge in [0.25, 0.3) is 0 Å². The van der Waals surface area contributed by atoms with E-state index in [1.54, 1.807) is 0 Å². The van der Waals surface area contributed by atoms with Crippen molar-refractivity contribution in [3.63, 3.8) is 0 Å². The number of hydrogen-bond acceptors (Lipinski definition) is 4. The quantitative estimate of drug-likeness (QED) is 0.791. The zero-order valence-electron chi connectivity index (χ0n) is 15.2. The molecule has 2 N–H and O–H groups in total. The van der Waals surface area contributed by atoms with Crippen LogP contribution < -0.4 is 10.6 Å². The minimum Gasteiger partial charge on any atom is -0.444 e. The molecule has 1 rings (SSSR count). The van der Waals surface area contributed by atoms with Crippen LogP contribution in [0, 0.1) is 5.92 Å². The first-order valence-corrected chi connectivity index (χ1v) is 8.66. The van der Waals surface area contributed by atoms with Gasteiger partial charge in [0.2, 0.25) is 0 Å². The predicted molar refractivity (Wildman–Crippen MR) is 91.1 cm³/mol. The van der Waals surface area contributed by atoms with Crippen molar-refractivity contribution in [1.29, 1.82) is 0 Å². The van der Waals surface area contributed by atoms with Gasteiger partial charge in [0.05, 0.1) is 0 Å². The van der Waals surface area contributed by atoms with Gasteiger partial charge in [-0.1, -0.05) is 20.8 Å². The Hall–Kier alpha value is -0.810. The van der Waals surface area contributed by atoms with Crippen LogP contribution in [0.2, 0.25) is 0 Å². The first kappa shape index (κ1) is 19.2. The van der Waals surface area contributed by atoms with Crippen molar-refractivity contribution in [1.82, 2.24) is 15.5 Å². The van der Waals surface area contributed by atoms with E-state index in [2.05, 4.69) is 36.3 Å². The molecule has 1 atom stereocenters. The molecule has 5 heteroatoms. The summed E-state index contributed by atoms with van der Waals surface area (Å²) >= 11 is 0. The molecule has 0 aliphatic carbocycles. The van der Waals surface area contributed by atoms with E-state index in [4.69, 9.17) is 4.74 Å². The number of rotatable bonds is 6. The standard InChI is InChI=1S/C17H35N3O2/c1-7-20-10-8-14(9-11-20)18-12-15(13(2)3)19-16(21)22-17(4,5)6/h13-15,18H,7-12H2,1-6H3,(H,19,21). The molecule has 0 aromatic rings. The molecular weight excluding hydrogens is 278 g/mol. The first-order chi connectivity index (χ1) is 10.2. The molecule has 22 heavy (non-hydrogen) atoms. The molecule has 1 saturated heterocycles. The summed E-state index contributed by atoms with van der Waals surface area (Å²) in [6.45, 7) is 16.4. The highest BCUT2D eigenvalue weighted by atomic mass is 16.6. The molecule has 0 saturated carbocycles. The molecule has 1 heterocycles. The van der Waals surface area contributed by atoms with E-state index in [9.17, 15) is 4.79 Å². The number of piperidine rings is 1. The third kappa shape index (κ3) is 7.45. The molecule has 0 aromatic heterocycles. The number of nitrogens with one attached hydrogen (secondary N) is 2. The van der Waals surface area contributed by atoms with E-state index in [-0.39, 0.29) is 12.1 Å². The minimum atomic E-state index is -0.452. The Labute approximate surface area is 136 Å².